The van der Waals surface area contributed by atoms with Gasteiger partial charge in [-0.15, -0.1) is 6.42 Å². The van der Waals surface area contributed by atoms with Crippen LogP contribution in [0.25, 0.3) is 0 Å². The molecule has 158 valence electrons. The van der Waals surface area contributed by atoms with Gasteiger partial charge in [-0.25, -0.2) is 4.98 Å². The summed E-state index contributed by atoms with van der Waals surface area (Å²) >= 11 is 0. The molecule has 0 radical (unpaired) electrons. The molecule has 1 saturated heterocycles. The maximum atomic E-state index is 12.9. The van der Waals surface area contributed by atoms with Gasteiger partial charge >= 0.3 is 0 Å². The van der Waals surface area contributed by atoms with Crippen LogP contribution in [0.1, 0.15) is 52.9 Å². The summed E-state index contributed by atoms with van der Waals surface area (Å²) in [5.41, 5.74) is 4.25. The minimum Gasteiger partial charge on any atom is -0.385 e. The number of carbonyl (C=O) groups is 3. The molecule has 2 aliphatic heterocycles. The second kappa shape index (κ2) is 9.00. The smallest absolute Gasteiger partial charge is 0.255 e. The van der Waals surface area contributed by atoms with E-state index in [1.807, 2.05) is 30.5 Å². The third kappa shape index (κ3) is 4.43. The fraction of sp³-hybridized carbons (Fsp3) is 0.333. The van der Waals surface area contributed by atoms with Gasteiger partial charge in [0.15, 0.2) is 0 Å². The summed E-state index contributed by atoms with van der Waals surface area (Å²) in [5, 5.41) is 5.77. The molecule has 2 aromatic rings. The first-order valence-corrected chi connectivity index (χ1v) is 10.5. The van der Waals surface area contributed by atoms with Crippen LogP contribution in [0.15, 0.2) is 36.5 Å². The van der Waals surface area contributed by atoms with E-state index in [0.29, 0.717) is 24.2 Å². The molecule has 3 amide bonds. The number of hydrogen-bond donors (Lipinski definition) is 2. The van der Waals surface area contributed by atoms with Crippen molar-refractivity contribution in [3.8, 4) is 12.3 Å². The number of rotatable bonds is 7. The minimum absolute atomic E-state index is 0.156. The highest BCUT2D eigenvalue weighted by atomic mass is 16.2. The maximum absolute atomic E-state index is 12.9. The second-order valence-corrected chi connectivity index (χ2v) is 7.81. The number of amides is 3. The zero-order chi connectivity index (χ0) is 21.8. The van der Waals surface area contributed by atoms with E-state index >= 15 is 0 Å². The summed E-state index contributed by atoms with van der Waals surface area (Å²) in [6.45, 7) is 1.15. The summed E-state index contributed by atoms with van der Waals surface area (Å²) in [4.78, 5) is 42.3. The number of anilines is 1. The standard InChI is InChI=1S/C24H24N4O3/c1-2-17-10-9-16(14-26-17)6-3-4-13-25-20-8-5-7-18-19(20)15-28(24(18)31)21-11-12-22(29)27-23(21)30/h1,5,7-10,14,21,25H,3-4,6,11-13,15H2,(H,27,29,30). The number of nitrogens with one attached hydrogen (secondary N) is 2. The van der Waals surface area contributed by atoms with Crippen LogP contribution in [0.5, 0.6) is 0 Å². The van der Waals surface area contributed by atoms with Gasteiger partial charge in [0.05, 0.1) is 0 Å². The normalized spacial score (nSPS) is 17.8. The Kier molecular flexibility index (Phi) is 5.99. The molecule has 1 aromatic carbocycles. The summed E-state index contributed by atoms with van der Waals surface area (Å²) in [7, 11) is 0. The summed E-state index contributed by atoms with van der Waals surface area (Å²) in [6, 6.07) is 8.87. The molecular formula is C24H24N4O3. The van der Waals surface area contributed by atoms with E-state index in [9.17, 15) is 14.4 Å². The predicted molar refractivity (Wildman–Crippen MR) is 116 cm³/mol. The number of terminal acetylenes is 1. The van der Waals surface area contributed by atoms with Gasteiger partial charge in [-0.2, -0.15) is 0 Å². The number of benzene rings is 1. The number of fused-ring (bicyclic) bond motifs is 1. The number of aryl methyl sites for hydroxylation is 1. The first kappa shape index (κ1) is 20.6. The molecule has 2 aliphatic rings. The lowest BCUT2D eigenvalue weighted by Crippen LogP contribution is -2.52. The number of unbranched alkanes of at least 4 members (excludes halogenated alkanes) is 1. The molecule has 2 N–H and O–H groups in total. The van der Waals surface area contributed by atoms with Crippen molar-refractivity contribution in [3.05, 3.63) is 58.9 Å². The van der Waals surface area contributed by atoms with Crippen LogP contribution < -0.4 is 10.6 Å². The molecule has 1 fully saturated rings. The van der Waals surface area contributed by atoms with Crippen molar-refractivity contribution in [1.29, 1.82) is 0 Å². The van der Waals surface area contributed by atoms with Gasteiger partial charge in [0, 0.05) is 42.5 Å². The second-order valence-electron chi connectivity index (χ2n) is 7.81. The molecule has 0 spiro atoms. The van der Waals surface area contributed by atoms with Crippen molar-refractivity contribution in [2.75, 3.05) is 11.9 Å². The van der Waals surface area contributed by atoms with Gasteiger partial charge in [-0.05, 0) is 49.4 Å². The zero-order valence-electron chi connectivity index (χ0n) is 17.2. The predicted octanol–water partition coefficient (Wildman–Crippen LogP) is 2.26. The van der Waals surface area contributed by atoms with Gasteiger partial charge in [-0.1, -0.05) is 18.1 Å². The highest BCUT2D eigenvalue weighted by Gasteiger charge is 2.39. The molecule has 1 unspecified atom stereocenters. The van der Waals surface area contributed by atoms with E-state index in [1.165, 1.54) is 0 Å². The summed E-state index contributed by atoms with van der Waals surface area (Å²) < 4.78 is 0. The van der Waals surface area contributed by atoms with Crippen molar-refractivity contribution >= 4 is 23.4 Å². The van der Waals surface area contributed by atoms with Gasteiger partial charge in [0.2, 0.25) is 11.8 Å². The molecule has 0 saturated carbocycles. The van der Waals surface area contributed by atoms with Crippen molar-refractivity contribution in [3.63, 3.8) is 0 Å². The number of aromatic nitrogens is 1. The first-order valence-electron chi connectivity index (χ1n) is 10.5. The lowest BCUT2D eigenvalue weighted by atomic mass is 10.0. The third-order valence-electron chi connectivity index (χ3n) is 5.76. The summed E-state index contributed by atoms with van der Waals surface area (Å²) in [6.07, 6.45) is 10.7. The highest BCUT2D eigenvalue weighted by molar-refractivity contribution is 6.06. The maximum Gasteiger partial charge on any atom is 0.255 e. The van der Waals surface area contributed by atoms with E-state index in [4.69, 9.17) is 6.42 Å². The van der Waals surface area contributed by atoms with Crippen molar-refractivity contribution < 1.29 is 14.4 Å². The Morgan fingerprint density at radius 3 is 2.81 bits per heavy atom. The van der Waals surface area contributed by atoms with E-state index in [0.717, 1.165) is 42.6 Å². The molecular weight excluding hydrogens is 392 g/mol. The van der Waals surface area contributed by atoms with Gasteiger partial charge in [0.1, 0.15) is 11.7 Å². The van der Waals surface area contributed by atoms with Gasteiger partial charge in [0.25, 0.3) is 5.91 Å². The number of imide groups is 1. The molecule has 7 nitrogen and oxygen atoms in total. The molecule has 1 aromatic heterocycles. The minimum atomic E-state index is -0.597. The van der Waals surface area contributed by atoms with Crippen molar-refractivity contribution in [2.24, 2.45) is 0 Å². The van der Waals surface area contributed by atoms with Gasteiger partial charge < -0.3 is 10.2 Å². The van der Waals surface area contributed by atoms with E-state index in [2.05, 4.69) is 21.5 Å². The van der Waals surface area contributed by atoms with Crippen molar-refractivity contribution in [2.45, 2.75) is 44.7 Å². The molecule has 0 bridgehead atoms. The number of nitrogens with zero attached hydrogens (tertiary/aromatic N) is 2. The van der Waals surface area contributed by atoms with E-state index in [-0.39, 0.29) is 18.2 Å². The Hall–Kier alpha value is -3.66. The van der Waals surface area contributed by atoms with Crippen LogP contribution in [0.4, 0.5) is 5.69 Å². The van der Waals surface area contributed by atoms with Crippen LogP contribution in [-0.2, 0) is 22.6 Å². The Balaban J connectivity index is 1.32. The SMILES string of the molecule is C#Cc1ccc(CCCCNc2cccc3c2CN(C2CCC(=O)NC2=O)C3=O)cn1. The van der Waals surface area contributed by atoms with Crippen LogP contribution in [0.3, 0.4) is 0 Å². The average molecular weight is 416 g/mol. The molecule has 3 heterocycles. The molecule has 1 atom stereocenters. The molecule has 31 heavy (non-hydrogen) atoms. The van der Waals surface area contributed by atoms with Crippen LogP contribution in [-0.4, -0.2) is 40.2 Å². The highest BCUT2D eigenvalue weighted by Crippen LogP contribution is 2.32. The summed E-state index contributed by atoms with van der Waals surface area (Å²) in [5.74, 6) is 1.68. The fourth-order valence-corrected chi connectivity index (χ4v) is 4.09. The Labute approximate surface area is 181 Å². The number of pyridine rings is 1. The van der Waals surface area contributed by atoms with Crippen LogP contribution in [0.2, 0.25) is 0 Å². The molecule has 4 rings (SSSR count). The monoisotopic (exact) mass is 416 g/mol. The topological polar surface area (TPSA) is 91.4 Å². The Morgan fingerprint density at radius 2 is 2.06 bits per heavy atom. The molecule has 7 heteroatoms. The number of hydrogen-bond acceptors (Lipinski definition) is 5. The first-order chi connectivity index (χ1) is 15.1. The number of carbonyl (C=O) groups excluding carboxylic acids is 3. The molecule has 0 aliphatic carbocycles. The quantitative estimate of drug-likeness (QED) is 0.410. The third-order valence-corrected chi connectivity index (χ3v) is 5.76. The average Bonchev–Trinajstić information content (AvgIpc) is 3.11. The van der Waals surface area contributed by atoms with Crippen LogP contribution in [0, 0.1) is 12.3 Å². The van der Waals surface area contributed by atoms with Gasteiger partial charge in [-0.3, -0.25) is 19.7 Å². The zero-order valence-corrected chi connectivity index (χ0v) is 17.2. The number of piperidine rings is 1. The fourth-order valence-electron chi connectivity index (χ4n) is 4.09. The lowest BCUT2D eigenvalue weighted by Gasteiger charge is -2.29. The van der Waals surface area contributed by atoms with Crippen molar-refractivity contribution in [1.82, 2.24) is 15.2 Å². The van der Waals surface area contributed by atoms with E-state index < -0.39 is 11.9 Å². The van der Waals surface area contributed by atoms with E-state index in [1.54, 1.807) is 11.0 Å². The van der Waals surface area contributed by atoms with Crippen LogP contribution >= 0.6 is 0 Å². The largest absolute Gasteiger partial charge is 0.385 e. The Morgan fingerprint density at radius 1 is 1.19 bits per heavy atom. The Bertz CT molecular complexity index is 1060. The lowest BCUT2D eigenvalue weighted by molar-refractivity contribution is -0.136.